The minimum Gasteiger partial charge on any atom is -0.0991 e. The van der Waals surface area contributed by atoms with E-state index in [9.17, 15) is 0 Å². The predicted molar refractivity (Wildman–Crippen MR) is 66.5 cm³/mol. The largest absolute Gasteiger partial charge is 0.0991 e. The zero-order chi connectivity index (χ0) is 10.5. The van der Waals surface area contributed by atoms with Crippen LogP contribution in [0, 0.1) is 0 Å². The maximum Gasteiger partial charge on any atom is -0.0348 e. The standard InChI is InChI=1S/C14H24/c1-3-5-7-9-11-13-14-12-10-8-6-4-2/h3,5,7,9,11H,1,4,6,8,10,12-14H2,2H3/b7-5-,11-9+. The van der Waals surface area contributed by atoms with E-state index in [0.29, 0.717) is 0 Å². The van der Waals surface area contributed by atoms with Gasteiger partial charge < -0.3 is 0 Å². The SMILES string of the molecule is C=C/C=C\C=C\CCCCCCCC. The summed E-state index contributed by atoms with van der Waals surface area (Å²) in [6.45, 7) is 5.87. The Bertz CT molecular complexity index is 163. The summed E-state index contributed by atoms with van der Waals surface area (Å²) >= 11 is 0. The molecule has 0 nitrogen and oxygen atoms in total. The highest BCUT2D eigenvalue weighted by atomic mass is 13.9. The summed E-state index contributed by atoms with van der Waals surface area (Å²) in [4.78, 5) is 0. The molecule has 0 radical (unpaired) electrons. The molecule has 0 atom stereocenters. The average molecular weight is 192 g/mol. The molecule has 0 heteroatoms. The van der Waals surface area contributed by atoms with Crippen LogP contribution in [0.25, 0.3) is 0 Å². The van der Waals surface area contributed by atoms with Gasteiger partial charge in [0, 0.05) is 0 Å². The fraction of sp³-hybridized carbons (Fsp3) is 0.571. The Morgan fingerprint density at radius 1 is 0.857 bits per heavy atom. The third kappa shape index (κ3) is 11.2. The van der Waals surface area contributed by atoms with E-state index in [1.807, 2.05) is 12.2 Å². The van der Waals surface area contributed by atoms with Crippen LogP contribution in [0.5, 0.6) is 0 Å². The van der Waals surface area contributed by atoms with Crippen LogP contribution in [0.4, 0.5) is 0 Å². The second kappa shape index (κ2) is 12.2. The Morgan fingerprint density at radius 2 is 1.57 bits per heavy atom. The molecule has 14 heavy (non-hydrogen) atoms. The van der Waals surface area contributed by atoms with Gasteiger partial charge in [-0.3, -0.25) is 0 Å². The minimum absolute atomic E-state index is 1.22. The molecule has 0 fully saturated rings. The summed E-state index contributed by atoms with van der Waals surface area (Å²) < 4.78 is 0. The molecule has 0 saturated carbocycles. The highest BCUT2D eigenvalue weighted by Crippen LogP contribution is 2.06. The van der Waals surface area contributed by atoms with Crippen molar-refractivity contribution >= 4 is 0 Å². The fourth-order valence-corrected chi connectivity index (χ4v) is 1.36. The number of hydrogen-bond acceptors (Lipinski definition) is 0. The number of hydrogen-bond donors (Lipinski definition) is 0. The summed E-state index contributed by atoms with van der Waals surface area (Å²) in [6, 6.07) is 0. The van der Waals surface area contributed by atoms with Crippen molar-refractivity contribution in [1.29, 1.82) is 0 Å². The van der Waals surface area contributed by atoms with Crippen LogP contribution in [-0.2, 0) is 0 Å². The van der Waals surface area contributed by atoms with E-state index in [0.717, 1.165) is 0 Å². The van der Waals surface area contributed by atoms with Crippen LogP contribution < -0.4 is 0 Å². The average Bonchev–Trinajstić information content (AvgIpc) is 2.21. The van der Waals surface area contributed by atoms with Crippen molar-refractivity contribution < 1.29 is 0 Å². The molecule has 0 aromatic heterocycles. The lowest BCUT2D eigenvalue weighted by Gasteiger charge is -1.97. The first-order valence-electron chi connectivity index (χ1n) is 5.86. The smallest absolute Gasteiger partial charge is 0.0348 e. The molecule has 0 spiro atoms. The lowest BCUT2D eigenvalue weighted by molar-refractivity contribution is 0.611. The normalized spacial score (nSPS) is 11.5. The molecule has 0 amide bonds. The van der Waals surface area contributed by atoms with Gasteiger partial charge in [-0.15, -0.1) is 0 Å². The van der Waals surface area contributed by atoms with E-state index in [1.54, 1.807) is 6.08 Å². The summed E-state index contributed by atoms with van der Waals surface area (Å²) in [5.41, 5.74) is 0. The summed E-state index contributed by atoms with van der Waals surface area (Å²) in [5.74, 6) is 0. The molecule has 80 valence electrons. The van der Waals surface area contributed by atoms with Crippen molar-refractivity contribution in [1.82, 2.24) is 0 Å². The molecule has 0 aliphatic heterocycles. The number of allylic oxidation sites excluding steroid dienone is 5. The second-order valence-corrected chi connectivity index (χ2v) is 3.61. The van der Waals surface area contributed by atoms with Crippen molar-refractivity contribution in [3.63, 3.8) is 0 Å². The van der Waals surface area contributed by atoms with Gasteiger partial charge in [0.25, 0.3) is 0 Å². The van der Waals surface area contributed by atoms with Crippen molar-refractivity contribution in [3.8, 4) is 0 Å². The van der Waals surface area contributed by atoms with E-state index in [4.69, 9.17) is 0 Å². The Kier molecular flexibility index (Phi) is 11.5. The van der Waals surface area contributed by atoms with Gasteiger partial charge in [0.2, 0.25) is 0 Å². The molecule has 0 aliphatic carbocycles. The van der Waals surface area contributed by atoms with Gasteiger partial charge >= 0.3 is 0 Å². The van der Waals surface area contributed by atoms with Gasteiger partial charge in [-0.2, -0.15) is 0 Å². The van der Waals surface area contributed by atoms with Crippen LogP contribution in [-0.4, -0.2) is 0 Å². The van der Waals surface area contributed by atoms with Crippen LogP contribution in [0.1, 0.15) is 51.9 Å². The third-order valence-electron chi connectivity index (χ3n) is 2.22. The zero-order valence-corrected chi connectivity index (χ0v) is 9.54. The summed E-state index contributed by atoms with van der Waals surface area (Å²) in [6.07, 6.45) is 19.6. The van der Waals surface area contributed by atoms with Crippen molar-refractivity contribution in [3.05, 3.63) is 37.0 Å². The first-order chi connectivity index (χ1) is 6.91. The Hall–Kier alpha value is -0.780. The maximum absolute atomic E-state index is 3.62. The second-order valence-electron chi connectivity index (χ2n) is 3.61. The van der Waals surface area contributed by atoms with E-state index in [2.05, 4.69) is 25.7 Å². The lowest BCUT2D eigenvalue weighted by atomic mass is 10.1. The molecule has 0 aromatic rings. The van der Waals surface area contributed by atoms with Crippen molar-refractivity contribution in [2.45, 2.75) is 51.9 Å². The highest BCUT2D eigenvalue weighted by Gasteiger charge is 1.87. The predicted octanol–water partition coefficient (Wildman–Crippen LogP) is 5.04. The molecule has 0 rings (SSSR count). The Labute approximate surface area is 89.4 Å². The van der Waals surface area contributed by atoms with E-state index in [-0.39, 0.29) is 0 Å². The van der Waals surface area contributed by atoms with Gasteiger partial charge in [-0.25, -0.2) is 0 Å². The first-order valence-corrected chi connectivity index (χ1v) is 5.86. The summed E-state index contributed by atoms with van der Waals surface area (Å²) in [5, 5.41) is 0. The van der Waals surface area contributed by atoms with E-state index < -0.39 is 0 Å². The van der Waals surface area contributed by atoms with Crippen LogP contribution in [0.15, 0.2) is 37.0 Å². The Morgan fingerprint density at radius 3 is 2.29 bits per heavy atom. The van der Waals surface area contributed by atoms with Gasteiger partial charge in [0.05, 0.1) is 0 Å². The maximum atomic E-state index is 3.62. The molecular weight excluding hydrogens is 168 g/mol. The monoisotopic (exact) mass is 192 g/mol. The van der Waals surface area contributed by atoms with Crippen molar-refractivity contribution in [2.75, 3.05) is 0 Å². The zero-order valence-electron chi connectivity index (χ0n) is 9.54. The topological polar surface area (TPSA) is 0 Å². The number of unbranched alkanes of at least 4 members (excludes halogenated alkanes) is 6. The molecule has 0 aromatic carbocycles. The lowest BCUT2D eigenvalue weighted by Crippen LogP contribution is -1.77. The quantitative estimate of drug-likeness (QED) is 0.355. The van der Waals surface area contributed by atoms with E-state index in [1.165, 1.54) is 44.9 Å². The molecule has 0 bridgehead atoms. The van der Waals surface area contributed by atoms with Gasteiger partial charge in [-0.1, -0.05) is 76.0 Å². The van der Waals surface area contributed by atoms with Gasteiger partial charge in [-0.05, 0) is 12.8 Å². The molecule has 0 heterocycles. The fourth-order valence-electron chi connectivity index (χ4n) is 1.36. The highest BCUT2D eigenvalue weighted by molar-refractivity contribution is 5.08. The van der Waals surface area contributed by atoms with Gasteiger partial charge in [0.1, 0.15) is 0 Å². The molecular formula is C14H24. The van der Waals surface area contributed by atoms with Crippen LogP contribution in [0.3, 0.4) is 0 Å². The first kappa shape index (κ1) is 13.2. The third-order valence-corrected chi connectivity index (χ3v) is 2.22. The Balaban J connectivity index is 3.08. The minimum atomic E-state index is 1.22. The molecule has 0 aliphatic rings. The molecule has 0 saturated heterocycles. The van der Waals surface area contributed by atoms with Crippen LogP contribution >= 0.6 is 0 Å². The molecule has 0 unspecified atom stereocenters. The van der Waals surface area contributed by atoms with Gasteiger partial charge in [0.15, 0.2) is 0 Å². The number of rotatable bonds is 9. The summed E-state index contributed by atoms with van der Waals surface area (Å²) in [7, 11) is 0. The van der Waals surface area contributed by atoms with Crippen LogP contribution in [0.2, 0.25) is 0 Å². The van der Waals surface area contributed by atoms with Crippen molar-refractivity contribution in [2.24, 2.45) is 0 Å². The van der Waals surface area contributed by atoms with E-state index >= 15 is 0 Å². The molecule has 0 N–H and O–H groups in total.